The molecule has 5 heteroatoms. The molecule has 0 bridgehead atoms. The lowest BCUT2D eigenvalue weighted by atomic mass is 10.1. The number of hydrogen-bond donors (Lipinski definition) is 1. The van der Waals surface area contributed by atoms with Gasteiger partial charge >= 0.3 is 5.97 Å². The van der Waals surface area contributed by atoms with Gasteiger partial charge < -0.3 is 15.2 Å². The minimum absolute atomic E-state index is 0.417. The van der Waals surface area contributed by atoms with Crippen LogP contribution < -0.4 is 10.5 Å². The monoisotopic (exact) mass is 255 g/mol. The minimum Gasteiger partial charge on any atom is -0.496 e. The van der Waals surface area contributed by atoms with Crippen molar-refractivity contribution in [3.63, 3.8) is 0 Å². The summed E-state index contributed by atoms with van der Waals surface area (Å²) in [5.41, 5.74) is 4.87. The van der Waals surface area contributed by atoms with Gasteiger partial charge in [-0.15, -0.1) is 11.8 Å². The van der Waals surface area contributed by atoms with Gasteiger partial charge in [0.25, 0.3) is 0 Å². The Labute approximate surface area is 105 Å². The van der Waals surface area contributed by atoms with Crippen molar-refractivity contribution in [3.05, 3.63) is 24.3 Å². The van der Waals surface area contributed by atoms with Gasteiger partial charge in [0.2, 0.25) is 0 Å². The Kier molecular flexibility index (Phi) is 4.84. The topological polar surface area (TPSA) is 61.5 Å². The summed E-state index contributed by atoms with van der Waals surface area (Å²) in [6.45, 7) is 1.65. The van der Waals surface area contributed by atoms with E-state index in [9.17, 15) is 4.79 Å². The number of para-hydroxylation sites is 1. The van der Waals surface area contributed by atoms with E-state index < -0.39 is 11.5 Å². The van der Waals surface area contributed by atoms with E-state index in [0.717, 1.165) is 10.6 Å². The van der Waals surface area contributed by atoms with Crippen LogP contribution in [0, 0.1) is 0 Å². The Morgan fingerprint density at radius 2 is 2.06 bits per heavy atom. The fourth-order valence-corrected chi connectivity index (χ4v) is 2.30. The van der Waals surface area contributed by atoms with Crippen molar-refractivity contribution in [2.45, 2.75) is 17.4 Å². The van der Waals surface area contributed by atoms with E-state index in [1.54, 1.807) is 14.0 Å². The SMILES string of the molecule is COC(=O)C(C)(N)CSc1ccccc1OC. The zero-order valence-electron chi connectivity index (χ0n) is 10.2. The molecular formula is C12H17NO3S. The number of ether oxygens (including phenoxy) is 2. The van der Waals surface area contributed by atoms with Gasteiger partial charge in [0.15, 0.2) is 0 Å². The second-order valence-electron chi connectivity index (χ2n) is 3.85. The lowest BCUT2D eigenvalue weighted by Crippen LogP contribution is -2.48. The minimum atomic E-state index is -1.000. The van der Waals surface area contributed by atoms with Crippen LogP contribution in [0.2, 0.25) is 0 Å². The highest BCUT2D eigenvalue weighted by Crippen LogP contribution is 2.30. The molecule has 17 heavy (non-hydrogen) atoms. The fourth-order valence-electron chi connectivity index (χ4n) is 1.26. The molecule has 0 spiro atoms. The summed E-state index contributed by atoms with van der Waals surface area (Å²) in [7, 11) is 2.95. The molecular weight excluding hydrogens is 238 g/mol. The molecule has 2 N–H and O–H groups in total. The van der Waals surface area contributed by atoms with E-state index in [4.69, 9.17) is 10.5 Å². The number of rotatable bonds is 5. The van der Waals surface area contributed by atoms with E-state index >= 15 is 0 Å². The zero-order valence-corrected chi connectivity index (χ0v) is 11.0. The summed E-state index contributed by atoms with van der Waals surface area (Å²) in [4.78, 5) is 12.4. The van der Waals surface area contributed by atoms with Crippen LogP contribution in [0.4, 0.5) is 0 Å². The molecule has 1 atom stereocenters. The lowest BCUT2D eigenvalue weighted by Gasteiger charge is -2.21. The molecule has 1 aromatic rings. The van der Waals surface area contributed by atoms with Crippen molar-refractivity contribution in [2.24, 2.45) is 5.73 Å². The van der Waals surface area contributed by atoms with Crippen LogP contribution in [0.5, 0.6) is 5.75 Å². The average Bonchev–Trinajstić information content (AvgIpc) is 2.35. The van der Waals surface area contributed by atoms with Crippen molar-refractivity contribution in [1.29, 1.82) is 0 Å². The first-order valence-electron chi connectivity index (χ1n) is 5.14. The van der Waals surface area contributed by atoms with Gasteiger partial charge in [0.1, 0.15) is 11.3 Å². The number of hydrogen-bond acceptors (Lipinski definition) is 5. The second-order valence-corrected chi connectivity index (χ2v) is 4.87. The molecule has 0 aromatic heterocycles. The maximum Gasteiger partial charge on any atom is 0.326 e. The van der Waals surface area contributed by atoms with Crippen LogP contribution >= 0.6 is 11.8 Å². The predicted molar refractivity (Wildman–Crippen MR) is 68.3 cm³/mol. The molecule has 94 valence electrons. The van der Waals surface area contributed by atoms with Crippen molar-refractivity contribution in [1.82, 2.24) is 0 Å². The fraction of sp³-hybridized carbons (Fsp3) is 0.417. The van der Waals surface area contributed by atoms with Crippen molar-refractivity contribution >= 4 is 17.7 Å². The zero-order chi connectivity index (χ0) is 12.9. The molecule has 0 aliphatic carbocycles. The van der Waals surface area contributed by atoms with Crippen LogP contribution in [0.3, 0.4) is 0 Å². The molecule has 0 fully saturated rings. The third-order valence-electron chi connectivity index (χ3n) is 2.25. The normalized spacial score (nSPS) is 13.9. The van der Waals surface area contributed by atoms with Crippen LogP contribution in [0.15, 0.2) is 29.2 Å². The molecule has 0 saturated carbocycles. The van der Waals surface area contributed by atoms with Gasteiger partial charge in [0.05, 0.1) is 14.2 Å². The van der Waals surface area contributed by atoms with Crippen molar-refractivity contribution in [2.75, 3.05) is 20.0 Å². The molecule has 1 aromatic carbocycles. The largest absolute Gasteiger partial charge is 0.496 e. The van der Waals surface area contributed by atoms with Gasteiger partial charge in [-0.1, -0.05) is 12.1 Å². The Balaban J connectivity index is 2.70. The first kappa shape index (κ1) is 13.9. The summed E-state index contributed by atoms with van der Waals surface area (Å²) in [5, 5.41) is 0. The summed E-state index contributed by atoms with van der Waals surface area (Å²) in [6, 6.07) is 7.60. The van der Waals surface area contributed by atoms with E-state index in [-0.39, 0.29) is 0 Å². The number of esters is 1. The van der Waals surface area contributed by atoms with Gasteiger partial charge in [-0.25, -0.2) is 0 Å². The Bertz CT molecular complexity index is 393. The van der Waals surface area contributed by atoms with Crippen LogP contribution in [-0.2, 0) is 9.53 Å². The Morgan fingerprint density at radius 3 is 2.65 bits per heavy atom. The number of benzene rings is 1. The Hall–Kier alpha value is -1.20. The standard InChI is InChI=1S/C12H17NO3S/c1-12(13,11(14)16-3)8-17-10-7-5-4-6-9(10)15-2/h4-7H,8,13H2,1-3H3. The van der Waals surface area contributed by atoms with Crippen molar-refractivity contribution in [3.8, 4) is 5.75 Å². The van der Waals surface area contributed by atoms with Gasteiger partial charge in [-0.05, 0) is 19.1 Å². The summed E-state index contributed by atoms with van der Waals surface area (Å²) in [6.07, 6.45) is 0. The molecule has 1 unspecified atom stereocenters. The smallest absolute Gasteiger partial charge is 0.326 e. The molecule has 0 amide bonds. The molecule has 0 aliphatic heterocycles. The predicted octanol–water partition coefficient (Wildman–Crippen LogP) is 1.68. The summed E-state index contributed by atoms with van der Waals surface area (Å²) in [5.74, 6) is 0.790. The molecule has 1 rings (SSSR count). The first-order chi connectivity index (χ1) is 8.01. The number of carbonyl (C=O) groups excluding carboxylic acids is 1. The van der Waals surface area contributed by atoms with E-state index in [1.807, 2.05) is 24.3 Å². The van der Waals surface area contributed by atoms with Gasteiger partial charge in [0, 0.05) is 10.6 Å². The number of methoxy groups -OCH3 is 2. The maximum absolute atomic E-state index is 11.4. The quantitative estimate of drug-likeness (QED) is 0.640. The lowest BCUT2D eigenvalue weighted by molar-refractivity contribution is -0.145. The Morgan fingerprint density at radius 1 is 1.41 bits per heavy atom. The summed E-state index contributed by atoms with van der Waals surface area (Å²) < 4.78 is 9.87. The molecule has 0 heterocycles. The average molecular weight is 255 g/mol. The molecule has 0 aliphatic rings. The third-order valence-corrected chi connectivity index (χ3v) is 3.64. The number of thioether (sulfide) groups is 1. The first-order valence-corrected chi connectivity index (χ1v) is 6.13. The molecule has 0 radical (unpaired) electrons. The van der Waals surface area contributed by atoms with E-state index in [1.165, 1.54) is 18.9 Å². The van der Waals surface area contributed by atoms with Crippen LogP contribution in [0.25, 0.3) is 0 Å². The van der Waals surface area contributed by atoms with Crippen LogP contribution in [0.1, 0.15) is 6.92 Å². The van der Waals surface area contributed by atoms with Gasteiger partial charge in [-0.2, -0.15) is 0 Å². The molecule has 0 saturated heterocycles. The van der Waals surface area contributed by atoms with Crippen molar-refractivity contribution < 1.29 is 14.3 Å². The van der Waals surface area contributed by atoms with Gasteiger partial charge in [-0.3, -0.25) is 4.79 Å². The highest BCUT2D eigenvalue weighted by molar-refractivity contribution is 7.99. The number of nitrogens with two attached hydrogens (primary N) is 1. The second kappa shape index (κ2) is 5.93. The molecule has 4 nitrogen and oxygen atoms in total. The number of carbonyl (C=O) groups is 1. The van der Waals surface area contributed by atoms with Crippen LogP contribution in [-0.4, -0.2) is 31.5 Å². The highest BCUT2D eigenvalue weighted by atomic mass is 32.2. The maximum atomic E-state index is 11.4. The van der Waals surface area contributed by atoms with E-state index in [2.05, 4.69) is 4.74 Å². The third kappa shape index (κ3) is 3.64. The summed E-state index contributed by atoms with van der Waals surface area (Å²) >= 11 is 1.47. The van der Waals surface area contributed by atoms with E-state index in [0.29, 0.717) is 5.75 Å². The highest BCUT2D eigenvalue weighted by Gasteiger charge is 2.29.